The van der Waals surface area contributed by atoms with Crippen LogP contribution in [0.3, 0.4) is 0 Å². The first-order chi connectivity index (χ1) is 38.2. The molecule has 23 heteroatoms. The molecular formula is C57H73Cl4F2N7O8S2. The first-order valence-electron chi connectivity index (χ1n) is 27.5. The molecule has 4 heterocycles. The number of Topliss-reactive ketones (excluding diaryl/α,β-unsaturated/α-hetero) is 1. The van der Waals surface area contributed by atoms with E-state index < -0.39 is 43.3 Å². The molecule has 0 bridgehead atoms. The molecule has 80 heavy (non-hydrogen) atoms. The Labute approximate surface area is 490 Å². The molecule has 2 fully saturated rings. The number of ketones is 1. The molecule has 4 aromatic carbocycles. The average molecular weight is 1230 g/mol. The molecule has 4 aliphatic heterocycles. The summed E-state index contributed by atoms with van der Waals surface area (Å²) in [5, 5.41) is 7.50. The Hall–Kier alpha value is -3.54. The summed E-state index contributed by atoms with van der Waals surface area (Å²) < 4.78 is 99.6. The molecule has 4 atom stereocenters. The van der Waals surface area contributed by atoms with Crippen LogP contribution in [0.15, 0.2) is 70.5 Å². The van der Waals surface area contributed by atoms with Crippen molar-refractivity contribution in [3.8, 4) is 0 Å². The van der Waals surface area contributed by atoms with Crippen molar-refractivity contribution in [2.75, 3.05) is 112 Å². The summed E-state index contributed by atoms with van der Waals surface area (Å²) in [5.74, 6) is -1.76. The molecule has 2 amide bonds. The van der Waals surface area contributed by atoms with E-state index >= 15 is 8.78 Å². The van der Waals surface area contributed by atoms with E-state index in [2.05, 4.69) is 25.2 Å². The van der Waals surface area contributed by atoms with Crippen LogP contribution in [0.2, 0.25) is 20.1 Å². The number of hydrogen-bond donors (Lipinski definition) is 3. The number of rotatable bonds is 27. The standard InChI is InChI=1S/C57H73Cl4F2N7O8S2/c1-67-33-49(45-25-39(58)27-53(60)51(45)35-67)47-29-43(9-11-55(47)62)79(73,74)37-38-13-17-69(31-38)19-23-77-21-6-8-42(71)7-4-3-5-15-64-57(72)65-16-22-78-24-20-70-18-14-41(32-70)66-80(75,76)44-10-12-56(63)48(30-44)50-34-68(2)36-52-46(50)26-40(59)28-54(52)61/h9-12,25-30,38,41,49-50,66H,3-8,13-24,31-37H2,1-2H3,(H2,64,65,72)/t38-,41-,49?,50?/m1/s1. The van der Waals surface area contributed by atoms with Gasteiger partial charge in [0.05, 0.1) is 35.4 Å². The summed E-state index contributed by atoms with van der Waals surface area (Å²) in [6.07, 6.45) is 5.17. The zero-order valence-electron chi connectivity index (χ0n) is 45.4. The monoisotopic (exact) mass is 1230 g/mol. The Morgan fingerprint density at radius 3 is 1.80 bits per heavy atom. The van der Waals surface area contributed by atoms with E-state index in [4.69, 9.17) is 55.9 Å². The third-order valence-electron chi connectivity index (χ3n) is 15.6. The first kappa shape index (κ1) is 62.5. The zero-order chi connectivity index (χ0) is 57.1. The Kier molecular flexibility index (Phi) is 22.5. The van der Waals surface area contributed by atoms with Crippen molar-refractivity contribution in [3.05, 3.63) is 126 Å². The minimum absolute atomic E-state index is 0.00705. The second-order valence-corrected chi connectivity index (χ2v) is 27.2. The lowest BCUT2D eigenvalue weighted by molar-refractivity contribution is -0.119. The Balaban J connectivity index is 0.619. The highest BCUT2D eigenvalue weighted by Gasteiger charge is 2.34. The van der Waals surface area contributed by atoms with Gasteiger partial charge in [-0.25, -0.2) is 35.1 Å². The Morgan fingerprint density at radius 1 is 0.613 bits per heavy atom. The van der Waals surface area contributed by atoms with Crippen LogP contribution in [-0.2, 0) is 47.2 Å². The number of ether oxygens (including phenoxy) is 2. The van der Waals surface area contributed by atoms with Gasteiger partial charge in [-0.1, -0.05) is 52.8 Å². The van der Waals surface area contributed by atoms with Gasteiger partial charge in [-0.3, -0.25) is 9.69 Å². The van der Waals surface area contributed by atoms with E-state index in [0.29, 0.717) is 150 Å². The summed E-state index contributed by atoms with van der Waals surface area (Å²) in [5.41, 5.74) is 3.88. The predicted octanol–water partition coefficient (Wildman–Crippen LogP) is 9.12. The predicted molar refractivity (Wildman–Crippen MR) is 310 cm³/mol. The number of sulfonamides is 1. The molecule has 2 unspecified atom stereocenters. The fourth-order valence-electron chi connectivity index (χ4n) is 11.5. The lowest BCUT2D eigenvalue weighted by Crippen LogP contribution is -2.38. The van der Waals surface area contributed by atoms with Gasteiger partial charge in [0.15, 0.2) is 9.84 Å². The summed E-state index contributed by atoms with van der Waals surface area (Å²) in [6, 6.07) is 14.3. The molecule has 0 radical (unpaired) electrons. The minimum Gasteiger partial charge on any atom is -0.380 e. The number of likely N-dealkylation sites (tertiary alicyclic amines) is 2. The van der Waals surface area contributed by atoms with E-state index in [1.165, 1.54) is 36.4 Å². The van der Waals surface area contributed by atoms with Crippen molar-refractivity contribution in [2.24, 2.45) is 5.92 Å². The van der Waals surface area contributed by atoms with Crippen LogP contribution < -0.4 is 15.4 Å². The molecule has 15 nitrogen and oxygen atoms in total. The number of urea groups is 1. The fraction of sp³-hybridized carbons (Fsp3) is 0.544. The third-order valence-corrected chi connectivity index (χ3v) is 20.1. The quantitative estimate of drug-likeness (QED) is 0.0383. The lowest BCUT2D eigenvalue weighted by Gasteiger charge is -2.33. The average Bonchev–Trinajstić information content (AvgIpc) is 4.06. The normalized spacial score (nSPS) is 20.2. The van der Waals surface area contributed by atoms with Gasteiger partial charge in [-0.15, -0.1) is 0 Å². The molecule has 0 aromatic heterocycles. The maximum absolute atomic E-state index is 15.4. The summed E-state index contributed by atoms with van der Waals surface area (Å²) in [6.45, 7) is 8.42. The van der Waals surface area contributed by atoms with Gasteiger partial charge in [0, 0.05) is 123 Å². The van der Waals surface area contributed by atoms with Gasteiger partial charge < -0.3 is 34.8 Å². The van der Waals surface area contributed by atoms with Crippen molar-refractivity contribution >= 4 is 78.1 Å². The summed E-state index contributed by atoms with van der Waals surface area (Å²) in [4.78, 5) is 33.3. The first-order valence-corrected chi connectivity index (χ1v) is 32.2. The van der Waals surface area contributed by atoms with Gasteiger partial charge in [0.1, 0.15) is 17.4 Å². The molecule has 4 aliphatic rings. The highest BCUT2D eigenvalue weighted by atomic mass is 35.5. The van der Waals surface area contributed by atoms with Crippen molar-refractivity contribution < 1.29 is 44.7 Å². The van der Waals surface area contributed by atoms with Gasteiger partial charge >= 0.3 is 6.03 Å². The fourth-order valence-corrected chi connectivity index (χ4v) is 15.6. The number of unbranched alkanes of at least 4 members (excludes halogenated alkanes) is 2. The van der Waals surface area contributed by atoms with Crippen LogP contribution in [0.5, 0.6) is 0 Å². The van der Waals surface area contributed by atoms with Crippen molar-refractivity contribution in [1.29, 1.82) is 0 Å². The van der Waals surface area contributed by atoms with E-state index in [1.807, 2.05) is 23.9 Å². The number of fused-ring (bicyclic) bond motifs is 2. The SMILES string of the molecule is CN1Cc2c(Cl)cc(Cl)cc2C(c2cc(S(=O)(=O)C[C@@H]3CCN(CCOCCCC(=O)CCCCCNC(=O)NCCOCCN4CC[C@@H](NS(=O)(=O)c5ccc(F)c(C6CN(C)Cc7c(Cl)cc(Cl)cc76)c5)C4)C3)ccc2F)C1. The number of carbonyl (C=O) groups excluding carboxylic acids is 2. The molecule has 2 saturated heterocycles. The van der Waals surface area contributed by atoms with Crippen LogP contribution in [0.25, 0.3) is 0 Å². The third kappa shape index (κ3) is 17.1. The molecule has 4 aromatic rings. The van der Waals surface area contributed by atoms with Gasteiger partial charge in [-0.05, 0) is 159 Å². The molecule has 0 spiro atoms. The summed E-state index contributed by atoms with van der Waals surface area (Å²) >= 11 is 25.7. The number of carbonyl (C=O) groups is 2. The number of nitrogens with one attached hydrogen (secondary N) is 3. The lowest BCUT2D eigenvalue weighted by atomic mass is 9.84. The van der Waals surface area contributed by atoms with Crippen LogP contribution in [0, 0.1) is 17.6 Å². The van der Waals surface area contributed by atoms with Crippen molar-refractivity contribution in [3.63, 3.8) is 0 Å². The number of sulfone groups is 1. The molecule has 0 aliphatic carbocycles. The second-order valence-electron chi connectivity index (χ2n) is 21.8. The van der Waals surface area contributed by atoms with Gasteiger partial charge in [0.2, 0.25) is 10.0 Å². The highest BCUT2D eigenvalue weighted by Crippen LogP contribution is 2.42. The van der Waals surface area contributed by atoms with Crippen LogP contribution in [-0.4, -0.2) is 166 Å². The second kappa shape index (κ2) is 28.8. The van der Waals surface area contributed by atoms with E-state index in [-0.39, 0.29) is 44.9 Å². The van der Waals surface area contributed by atoms with Gasteiger partial charge in [-0.2, -0.15) is 0 Å². The number of amides is 2. The van der Waals surface area contributed by atoms with Crippen molar-refractivity contribution in [1.82, 2.24) is 35.0 Å². The smallest absolute Gasteiger partial charge is 0.314 e. The van der Waals surface area contributed by atoms with E-state index in [1.54, 1.807) is 24.3 Å². The Bertz CT molecular complexity index is 2860. The number of nitrogens with zero attached hydrogens (tertiary/aromatic N) is 4. The zero-order valence-corrected chi connectivity index (χ0v) is 50.1. The van der Waals surface area contributed by atoms with E-state index in [9.17, 15) is 26.4 Å². The largest absolute Gasteiger partial charge is 0.380 e. The topological polar surface area (TPSA) is 170 Å². The highest BCUT2D eigenvalue weighted by molar-refractivity contribution is 7.91. The summed E-state index contributed by atoms with van der Waals surface area (Å²) in [7, 11) is -3.82. The van der Waals surface area contributed by atoms with Gasteiger partial charge in [0.25, 0.3) is 0 Å². The maximum atomic E-state index is 15.4. The number of likely N-dealkylation sites (N-methyl/N-ethyl adjacent to an activating group) is 2. The Morgan fingerprint density at radius 2 is 1.16 bits per heavy atom. The van der Waals surface area contributed by atoms with Crippen LogP contribution in [0.1, 0.15) is 96.6 Å². The maximum Gasteiger partial charge on any atom is 0.314 e. The number of benzene rings is 4. The van der Waals surface area contributed by atoms with E-state index in [0.717, 1.165) is 54.5 Å². The molecular weight excluding hydrogens is 1150 g/mol. The molecule has 8 rings (SSSR count). The van der Waals surface area contributed by atoms with Crippen LogP contribution in [0.4, 0.5) is 13.6 Å². The number of halogens is 6. The molecule has 438 valence electrons. The number of hydrogen-bond acceptors (Lipinski definition) is 12. The van der Waals surface area contributed by atoms with Crippen molar-refractivity contribution in [2.45, 2.75) is 92.1 Å². The molecule has 3 N–H and O–H groups in total. The van der Waals surface area contributed by atoms with Crippen LogP contribution >= 0.6 is 46.4 Å². The molecule has 0 saturated carbocycles. The minimum atomic E-state index is -3.96.